The smallest absolute Gasteiger partial charge is 0.444 e. The van der Waals surface area contributed by atoms with Gasteiger partial charge in [0, 0.05) is 12.6 Å². The van der Waals surface area contributed by atoms with E-state index in [2.05, 4.69) is 4.74 Å². The van der Waals surface area contributed by atoms with E-state index < -0.39 is 18.1 Å². The SMILES string of the molecule is CN(Cc1ccccc1OC(F)(F)F)C(=O)OC(C)(C)C. The zero-order valence-corrected chi connectivity index (χ0v) is 12.3. The molecule has 0 aromatic heterocycles. The molecule has 4 nitrogen and oxygen atoms in total. The summed E-state index contributed by atoms with van der Waals surface area (Å²) in [6, 6.07) is 5.66. The molecule has 0 aliphatic heterocycles. The minimum atomic E-state index is -4.78. The van der Waals surface area contributed by atoms with Crippen LogP contribution in [0.3, 0.4) is 0 Å². The third-order valence-corrected chi connectivity index (χ3v) is 2.31. The predicted octanol–water partition coefficient (Wildman–Crippen LogP) is 3.95. The Morgan fingerprint density at radius 2 is 1.76 bits per heavy atom. The molecular weight excluding hydrogens is 287 g/mol. The zero-order valence-electron chi connectivity index (χ0n) is 12.3. The van der Waals surface area contributed by atoms with Crippen LogP contribution >= 0.6 is 0 Å². The van der Waals surface area contributed by atoms with E-state index in [0.717, 1.165) is 0 Å². The van der Waals surface area contributed by atoms with E-state index in [0.29, 0.717) is 0 Å². The second kappa shape index (κ2) is 6.24. The summed E-state index contributed by atoms with van der Waals surface area (Å²) in [5, 5.41) is 0. The average molecular weight is 305 g/mol. The molecule has 118 valence electrons. The monoisotopic (exact) mass is 305 g/mol. The number of nitrogens with zero attached hydrogens (tertiary/aromatic N) is 1. The summed E-state index contributed by atoms with van der Waals surface area (Å²) in [5.74, 6) is -0.333. The molecule has 21 heavy (non-hydrogen) atoms. The molecule has 0 radical (unpaired) electrons. The van der Waals surface area contributed by atoms with Crippen molar-refractivity contribution in [1.29, 1.82) is 0 Å². The molecule has 0 aliphatic rings. The van der Waals surface area contributed by atoms with E-state index in [1.807, 2.05) is 0 Å². The molecule has 0 saturated heterocycles. The molecular formula is C14H18F3NO3. The Morgan fingerprint density at radius 1 is 1.19 bits per heavy atom. The summed E-state index contributed by atoms with van der Waals surface area (Å²) in [6.45, 7) is 5.07. The third kappa shape index (κ3) is 6.37. The van der Waals surface area contributed by atoms with Crippen LogP contribution < -0.4 is 4.74 Å². The van der Waals surface area contributed by atoms with Gasteiger partial charge in [0.1, 0.15) is 11.4 Å². The molecule has 0 atom stereocenters. The number of hydrogen-bond donors (Lipinski definition) is 0. The quantitative estimate of drug-likeness (QED) is 0.848. The highest BCUT2D eigenvalue weighted by molar-refractivity contribution is 5.67. The molecule has 0 heterocycles. The molecule has 1 aromatic rings. The fourth-order valence-corrected chi connectivity index (χ4v) is 1.52. The van der Waals surface area contributed by atoms with Crippen molar-refractivity contribution in [3.8, 4) is 5.75 Å². The van der Waals surface area contributed by atoms with E-state index in [9.17, 15) is 18.0 Å². The molecule has 1 amide bonds. The van der Waals surface area contributed by atoms with Crippen LogP contribution in [0, 0.1) is 0 Å². The molecule has 7 heteroatoms. The van der Waals surface area contributed by atoms with E-state index >= 15 is 0 Å². The summed E-state index contributed by atoms with van der Waals surface area (Å²) >= 11 is 0. The third-order valence-electron chi connectivity index (χ3n) is 2.31. The van der Waals surface area contributed by atoms with E-state index in [1.54, 1.807) is 26.8 Å². The highest BCUT2D eigenvalue weighted by Gasteiger charge is 2.32. The van der Waals surface area contributed by atoms with Crippen molar-refractivity contribution in [1.82, 2.24) is 4.90 Å². The number of carbonyl (C=O) groups excluding carboxylic acids is 1. The first-order valence-electron chi connectivity index (χ1n) is 6.26. The van der Waals surface area contributed by atoms with Crippen molar-refractivity contribution < 1.29 is 27.4 Å². The first-order chi connectivity index (χ1) is 9.48. The molecule has 0 unspecified atom stereocenters. The van der Waals surface area contributed by atoms with Crippen LogP contribution in [-0.4, -0.2) is 30.0 Å². The molecule has 0 aliphatic carbocycles. The lowest BCUT2D eigenvalue weighted by molar-refractivity contribution is -0.275. The predicted molar refractivity (Wildman–Crippen MR) is 70.8 cm³/mol. The average Bonchev–Trinajstić information content (AvgIpc) is 2.27. The number of hydrogen-bond acceptors (Lipinski definition) is 3. The van der Waals surface area contributed by atoms with Crippen LogP contribution in [0.5, 0.6) is 5.75 Å². The highest BCUT2D eigenvalue weighted by Crippen LogP contribution is 2.27. The van der Waals surface area contributed by atoms with Crippen LogP contribution in [0.15, 0.2) is 24.3 Å². The Bertz CT molecular complexity index is 495. The molecule has 1 rings (SSSR count). The molecule has 0 N–H and O–H groups in total. The Kier molecular flexibility index (Phi) is 5.09. The van der Waals surface area contributed by atoms with Crippen molar-refractivity contribution in [2.45, 2.75) is 39.3 Å². The van der Waals surface area contributed by atoms with E-state index in [1.165, 1.54) is 30.1 Å². The summed E-state index contributed by atoms with van der Waals surface area (Å²) in [4.78, 5) is 13.0. The van der Waals surface area contributed by atoms with Gasteiger partial charge >= 0.3 is 12.5 Å². The number of rotatable bonds is 3. The summed E-state index contributed by atoms with van der Waals surface area (Å²) in [7, 11) is 1.44. The van der Waals surface area contributed by atoms with E-state index in [4.69, 9.17) is 4.74 Å². The molecule has 0 fully saturated rings. The summed E-state index contributed by atoms with van der Waals surface area (Å²) in [5.41, 5.74) is -0.434. The zero-order chi connectivity index (χ0) is 16.3. The van der Waals surface area contributed by atoms with Gasteiger partial charge in [-0.2, -0.15) is 0 Å². The van der Waals surface area contributed by atoms with Gasteiger partial charge in [0.05, 0.1) is 6.54 Å². The molecule has 0 spiro atoms. The Morgan fingerprint density at radius 3 is 2.29 bits per heavy atom. The van der Waals surface area contributed by atoms with Crippen molar-refractivity contribution in [3.05, 3.63) is 29.8 Å². The fraction of sp³-hybridized carbons (Fsp3) is 0.500. The van der Waals surface area contributed by atoms with Gasteiger partial charge in [-0.1, -0.05) is 18.2 Å². The lowest BCUT2D eigenvalue weighted by Crippen LogP contribution is -2.34. The van der Waals surface area contributed by atoms with Crippen molar-refractivity contribution >= 4 is 6.09 Å². The van der Waals surface area contributed by atoms with Gasteiger partial charge in [-0.25, -0.2) is 4.79 Å². The van der Waals surface area contributed by atoms with Crippen LogP contribution in [0.1, 0.15) is 26.3 Å². The van der Waals surface area contributed by atoms with Crippen LogP contribution in [0.25, 0.3) is 0 Å². The van der Waals surface area contributed by atoms with Gasteiger partial charge in [0.2, 0.25) is 0 Å². The minimum Gasteiger partial charge on any atom is -0.444 e. The molecule has 0 bridgehead atoms. The van der Waals surface area contributed by atoms with Gasteiger partial charge in [0.25, 0.3) is 0 Å². The topological polar surface area (TPSA) is 38.8 Å². The van der Waals surface area contributed by atoms with Gasteiger partial charge < -0.3 is 14.4 Å². The van der Waals surface area contributed by atoms with Crippen molar-refractivity contribution in [3.63, 3.8) is 0 Å². The maximum absolute atomic E-state index is 12.3. The number of ether oxygens (including phenoxy) is 2. The number of benzene rings is 1. The Balaban J connectivity index is 2.81. The second-order valence-electron chi connectivity index (χ2n) is 5.49. The minimum absolute atomic E-state index is 0.0544. The fourth-order valence-electron chi connectivity index (χ4n) is 1.52. The Hall–Kier alpha value is -1.92. The normalized spacial score (nSPS) is 12.0. The number of carbonyl (C=O) groups is 1. The first kappa shape index (κ1) is 17.1. The summed E-state index contributed by atoms with van der Waals surface area (Å²) in [6.07, 6.45) is -5.40. The summed E-state index contributed by atoms with van der Waals surface area (Å²) < 4.78 is 46.0. The van der Waals surface area contributed by atoms with Gasteiger partial charge in [0.15, 0.2) is 0 Å². The lowest BCUT2D eigenvalue weighted by Gasteiger charge is -2.25. The van der Waals surface area contributed by atoms with Crippen LogP contribution in [0.4, 0.5) is 18.0 Å². The largest absolute Gasteiger partial charge is 0.573 e. The number of para-hydroxylation sites is 1. The van der Waals surface area contributed by atoms with Crippen molar-refractivity contribution in [2.75, 3.05) is 7.05 Å². The van der Waals surface area contributed by atoms with Gasteiger partial charge in [-0.05, 0) is 26.8 Å². The lowest BCUT2D eigenvalue weighted by atomic mass is 10.2. The number of halogens is 3. The van der Waals surface area contributed by atoms with Crippen LogP contribution in [-0.2, 0) is 11.3 Å². The Labute approximate surface area is 121 Å². The standard InChI is InChI=1S/C14H18F3NO3/c1-13(2,3)21-12(19)18(4)9-10-7-5-6-8-11(10)20-14(15,16)17/h5-8H,9H2,1-4H3. The molecule has 1 aromatic carbocycles. The second-order valence-corrected chi connectivity index (χ2v) is 5.49. The maximum Gasteiger partial charge on any atom is 0.573 e. The maximum atomic E-state index is 12.3. The first-order valence-corrected chi connectivity index (χ1v) is 6.26. The van der Waals surface area contributed by atoms with E-state index in [-0.39, 0.29) is 17.9 Å². The number of amides is 1. The van der Waals surface area contributed by atoms with Gasteiger partial charge in [-0.3, -0.25) is 0 Å². The number of alkyl halides is 3. The molecule has 0 saturated carbocycles. The van der Waals surface area contributed by atoms with Gasteiger partial charge in [-0.15, -0.1) is 13.2 Å². The highest BCUT2D eigenvalue weighted by atomic mass is 19.4. The van der Waals surface area contributed by atoms with Crippen LogP contribution in [0.2, 0.25) is 0 Å². The van der Waals surface area contributed by atoms with Crippen molar-refractivity contribution in [2.24, 2.45) is 0 Å².